The van der Waals surface area contributed by atoms with Gasteiger partial charge < -0.3 is 4.74 Å². The number of nitro groups is 1. The second-order valence-electron chi connectivity index (χ2n) is 3.79. The van der Waals surface area contributed by atoms with Crippen molar-refractivity contribution in [3.05, 3.63) is 67.6 Å². The first-order valence-electron chi connectivity index (χ1n) is 5.37. The molecule has 0 unspecified atom stereocenters. The largest absolute Gasteiger partial charge is 0.489 e. The number of benzene rings is 2. The van der Waals surface area contributed by atoms with Crippen LogP contribution in [0.15, 0.2) is 46.9 Å². The zero-order valence-electron chi connectivity index (χ0n) is 9.68. The Morgan fingerprint density at radius 3 is 2.53 bits per heavy atom. The van der Waals surface area contributed by atoms with Gasteiger partial charge in [-0.15, -0.1) is 0 Å². The Bertz CT molecular complexity index is 601. The second-order valence-corrected chi connectivity index (χ2v) is 5.08. The number of ether oxygens (including phenoxy) is 1. The zero-order valence-corrected chi connectivity index (χ0v) is 12.0. The molecule has 0 saturated carbocycles. The highest BCUT2D eigenvalue weighted by Gasteiger charge is 2.12. The van der Waals surface area contributed by atoms with Crippen molar-refractivity contribution in [3.8, 4) is 5.75 Å². The van der Waals surface area contributed by atoms with Crippen molar-refractivity contribution in [2.24, 2.45) is 0 Å². The molecule has 6 heteroatoms. The summed E-state index contributed by atoms with van der Waals surface area (Å²) >= 11 is 8.90. The summed E-state index contributed by atoms with van der Waals surface area (Å²) in [6.07, 6.45) is 0. The van der Waals surface area contributed by atoms with Crippen LogP contribution in [0.4, 0.5) is 5.69 Å². The topological polar surface area (TPSA) is 52.4 Å². The van der Waals surface area contributed by atoms with Crippen LogP contribution in [0, 0.1) is 10.1 Å². The highest BCUT2D eigenvalue weighted by Crippen LogP contribution is 2.26. The normalized spacial score (nSPS) is 10.2. The van der Waals surface area contributed by atoms with Crippen LogP contribution in [0.25, 0.3) is 0 Å². The molecule has 0 amide bonds. The maximum atomic E-state index is 10.8. The Balaban J connectivity index is 2.09. The van der Waals surface area contributed by atoms with E-state index >= 15 is 0 Å². The average Bonchev–Trinajstić information content (AvgIpc) is 2.39. The lowest BCUT2D eigenvalue weighted by Gasteiger charge is -2.06. The van der Waals surface area contributed by atoms with Crippen molar-refractivity contribution in [1.82, 2.24) is 0 Å². The Labute approximate surface area is 123 Å². The van der Waals surface area contributed by atoms with Gasteiger partial charge in [-0.2, -0.15) is 0 Å². The quantitative estimate of drug-likeness (QED) is 0.603. The molecule has 2 aromatic rings. The van der Waals surface area contributed by atoms with E-state index in [0.29, 0.717) is 15.2 Å². The van der Waals surface area contributed by atoms with Crippen LogP contribution in [0.1, 0.15) is 5.56 Å². The zero-order chi connectivity index (χ0) is 13.8. The van der Waals surface area contributed by atoms with E-state index in [9.17, 15) is 10.1 Å². The van der Waals surface area contributed by atoms with Crippen LogP contribution >= 0.6 is 27.5 Å². The summed E-state index contributed by atoms with van der Waals surface area (Å²) < 4.78 is 5.98. The monoisotopic (exact) mass is 341 g/mol. The van der Waals surface area contributed by atoms with Crippen LogP contribution < -0.4 is 4.74 Å². The van der Waals surface area contributed by atoms with Crippen molar-refractivity contribution in [1.29, 1.82) is 0 Å². The molecule has 19 heavy (non-hydrogen) atoms. The predicted octanol–water partition coefficient (Wildman–Crippen LogP) is 4.59. The minimum Gasteiger partial charge on any atom is -0.489 e. The molecule has 2 rings (SSSR count). The highest BCUT2D eigenvalue weighted by atomic mass is 79.9. The maximum Gasteiger partial charge on any atom is 0.283 e. The van der Waals surface area contributed by atoms with Crippen LogP contribution in [-0.4, -0.2) is 4.92 Å². The Morgan fingerprint density at radius 1 is 1.21 bits per heavy atom. The van der Waals surface area contributed by atoms with E-state index in [1.165, 1.54) is 6.07 Å². The van der Waals surface area contributed by atoms with Crippen molar-refractivity contribution in [2.45, 2.75) is 6.61 Å². The standard InChI is InChI=1S/C13H9BrClNO3/c14-12-6-1-9(7-13(12)16(17)18)8-19-11-4-2-10(15)3-5-11/h1-7H,8H2. The Morgan fingerprint density at radius 2 is 1.89 bits per heavy atom. The van der Waals surface area contributed by atoms with E-state index in [0.717, 1.165) is 5.56 Å². The summed E-state index contributed by atoms with van der Waals surface area (Å²) in [6.45, 7) is 0.260. The molecular formula is C13H9BrClNO3. The lowest BCUT2D eigenvalue weighted by molar-refractivity contribution is -0.385. The van der Waals surface area contributed by atoms with Gasteiger partial charge in [-0.3, -0.25) is 10.1 Å². The van der Waals surface area contributed by atoms with Crippen LogP contribution in [-0.2, 0) is 6.61 Å². The molecule has 0 heterocycles. The maximum absolute atomic E-state index is 10.8. The molecule has 0 bridgehead atoms. The number of halogens is 2. The number of nitro benzene ring substituents is 1. The number of hydrogen-bond donors (Lipinski definition) is 0. The molecule has 0 aromatic heterocycles. The van der Waals surface area contributed by atoms with Crippen molar-refractivity contribution in [3.63, 3.8) is 0 Å². The fourth-order valence-electron chi connectivity index (χ4n) is 1.49. The Kier molecular flexibility index (Phi) is 4.39. The molecule has 0 aliphatic carbocycles. The number of nitrogens with zero attached hydrogens (tertiary/aromatic N) is 1. The van der Waals surface area contributed by atoms with Crippen LogP contribution in [0.3, 0.4) is 0 Å². The first-order valence-corrected chi connectivity index (χ1v) is 6.54. The van der Waals surface area contributed by atoms with Gasteiger partial charge >= 0.3 is 0 Å². The van der Waals surface area contributed by atoms with Gasteiger partial charge in [0.05, 0.1) is 9.40 Å². The van der Waals surface area contributed by atoms with Gasteiger partial charge in [0.15, 0.2) is 0 Å². The third kappa shape index (κ3) is 3.68. The molecule has 4 nitrogen and oxygen atoms in total. The van der Waals surface area contributed by atoms with Gasteiger partial charge in [0.2, 0.25) is 0 Å². The summed E-state index contributed by atoms with van der Waals surface area (Å²) in [6, 6.07) is 11.8. The van der Waals surface area contributed by atoms with E-state index in [1.807, 2.05) is 0 Å². The van der Waals surface area contributed by atoms with Crippen molar-refractivity contribution in [2.75, 3.05) is 0 Å². The van der Waals surface area contributed by atoms with E-state index in [-0.39, 0.29) is 12.3 Å². The van der Waals surface area contributed by atoms with Crippen molar-refractivity contribution < 1.29 is 9.66 Å². The number of rotatable bonds is 4. The summed E-state index contributed by atoms with van der Waals surface area (Å²) in [4.78, 5) is 10.4. The molecule has 0 radical (unpaired) electrons. The SMILES string of the molecule is O=[N+]([O-])c1cc(COc2ccc(Cl)cc2)ccc1Br. The van der Waals surface area contributed by atoms with Crippen LogP contribution in [0.2, 0.25) is 5.02 Å². The predicted molar refractivity (Wildman–Crippen MR) is 76.6 cm³/mol. The molecule has 0 aliphatic rings. The van der Waals surface area contributed by atoms with Gasteiger partial charge in [0.1, 0.15) is 12.4 Å². The Hall–Kier alpha value is -1.59. The first kappa shape index (κ1) is 13.8. The van der Waals surface area contributed by atoms with Gasteiger partial charge in [-0.25, -0.2) is 0 Å². The molecule has 0 fully saturated rings. The van der Waals surface area contributed by atoms with E-state index in [2.05, 4.69) is 15.9 Å². The third-order valence-electron chi connectivity index (χ3n) is 2.43. The molecule has 0 saturated heterocycles. The molecule has 0 aliphatic heterocycles. The summed E-state index contributed by atoms with van der Waals surface area (Å²) in [5, 5.41) is 11.4. The molecule has 0 N–H and O–H groups in total. The minimum atomic E-state index is -0.435. The highest BCUT2D eigenvalue weighted by molar-refractivity contribution is 9.10. The summed E-state index contributed by atoms with van der Waals surface area (Å²) in [7, 11) is 0. The van der Waals surface area contributed by atoms with E-state index in [1.54, 1.807) is 36.4 Å². The molecule has 0 spiro atoms. The first-order chi connectivity index (χ1) is 9.06. The third-order valence-corrected chi connectivity index (χ3v) is 3.35. The molecule has 2 aromatic carbocycles. The van der Waals surface area contributed by atoms with Gasteiger partial charge in [-0.1, -0.05) is 17.7 Å². The van der Waals surface area contributed by atoms with Gasteiger partial charge in [0.25, 0.3) is 5.69 Å². The summed E-state index contributed by atoms with van der Waals surface area (Å²) in [5.74, 6) is 0.662. The second kappa shape index (κ2) is 6.04. The smallest absolute Gasteiger partial charge is 0.283 e. The lowest BCUT2D eigenvalue weighted by Crippen LogP contribution is -1.97. The minimum absolute atomic E-state index is 0.0252. The number of hydrogen-bond acceptors (Lipinski definition) is 3. The average molecular weight is 343 g/mol. The molecule has 98 valence electrons. The van der Waals surface area contributed by atoms with Gasteiger partial charge in [-0.05, 0) is 51.8 Å². The van der Waals surface area contributed by atoms with E-state index in [4.69, 9.17) is 16.3 Å². The van der Waals surface area contributed by atoms with Gasteiger partial charge in [0, 0.05) is 11.1 Å². The fraction of sp³-hybridized carbons (Fsp3) is 0.0769. The lowest BCUT2D eigenvalue weighted by atomic mass is 10.2. The van der Waals surface area contributed by atoms with Crippen molar-refractivity contribution >= 4 is 33.2 Å². The van der Waals surface area contributed by atoms with E-state index < -0.39 is 4.92 Å². The summed E-state index contributed by atoms with van der Waals surface area (Å²) in [5.41, 5.74) is 0.752. The fourth-order valence-corrected chi connectivity index (χ4v) is 2.00. The molecule has 0 atom stereocenters. The molecular weight excluding hydrogens is 334 g/mol. The van der Waals surface area contributed by atoms with Crippen LogP contribution in [0.5, 0.6) is 5.75 Å².